The Kier molecular flexibility index (Phi) is 11.8. The van der Waals surface area contributed by atoms with Gasteiger partial charge in [-0.2, -0.15) is 10.4 Å². The third kappa shape index (κ3) is 8.55. The van der Waals surface area contributed by atoms with Crippen molar-refractivity contribution in [3.05, 3.63) is 82.0 Å². The molecule has 60 heavy (non-hydrogen) atoms. The van der Waals surface area contributed by atoms with Gasteiger partial charge in [0.25, 0.3) is 5.91 Å². The van der Waals surface area contributed by atoms with Crippen LogP contribution in [0.15, 0.2) is 59.7 Å². The van der Waals surface area contributed by atoms with Gasteiger partial charge in [0, 0.05) is 51.4 Å². The van der Waals surface area contributed by atoms with Crippen LogP contribution in [-0.4, -0.2) is 90.8 Å². The minimum atomic E-state index is -0.743. The largest absolute Gasteiger partial charge is 0.382 e. The second kappa shape index (κ2) is 17.5. The number of hydrogen-bond donors (Lipinski definition) is 3. The summed E-state index contributed by atoms with van der Waals surface area (Å²) in [5, 5.41) is 22.8. The number of imidazole rings is 1. The summed E-state index contributed by atoms with van der Waals surface area (Å²) in [7, 11) is 1.67. The van der Waals surface area contributed by atoms with Crippen LogP contribution in [0.2, 0.25) is 0 Å². The van der Waals surface area contributed by atoms with E-state index in [4.69, 9.17) is 4.74 Å². The molecule has 8 rings (SSSR count). The minimum Gasteiger partial charge on any atom is -0.382 e. The topological polar surface area (TPSA) is 181 Å². The van der Waals surface area contributed by atoms with Gasteiger partial charge in [0.2, 0.25) is 11.8 Å². The molecule has 15 heteroatoms. The number of aryl methyl sites for hydroxylation is 1. The molecular weight excluding hydrogens is 761 g/mol. The van der Waals surface area contributed by atoms with Crippen LogP contribution < -0.4 is 21.6 Å². The van der Waals surface area contributed by atoms with Crippen molar-refractivity contribution in [3.63, 3.8) is 0 Å². The number of nitrogens with zero attached hydrogens (tertiary/aromatic N) is 7. The van der Waals surface area contributed by atoms with Gasteiger partial charge >= 0.3 is 5.69 Å². The summed E-state index contributed by atoms with van der Waals surface area (Å²) in [5.41, 5.74) is 5.59. The van der Waals surface area contributed by atoms with E-state index in [0.717, 1.165) is 69.4 Å². The molecule has 6 heterocycles. The van der Waals surface area contributed by atoms with Crippen molar-refractivity contribution in [2.75, 3.05) is 31.6 Å². The number of hydrogen-bond acceptors (Lipinski definition) is 10. The molecule has 5 aromatic rings. The normalized spacial score (nSPS) is 20.1. The zero-order chi connectivity index (χ0) is 41.9. The fourth-order valence-electron chi connectivity index (χ4n) is 8.90. The van der Waals surface area contributed by atoms with Crippen molar-refractivity contribution in [3.8, 4) is 29.3 Å². The van der Waals surface area contributed by atoms with E-state index in [1.807, 2.05) is 44.2 Å². The Hall–Kier alpha value is -6.29. The summed E-state index contributed by atoms with van der Waals surface area (Å²) in [6.45, 7) is 7.33. The molecule has 0 radical (unpaired) electrons. The fourth-order valence-corrected chi connectivity index (χ4v) is 8.90. The maximum Gasteiger partial charge on any atom is 0.329 e. The highest BCUT2D eigenvalue weighted by atomic mass is 16.5. The zero-order valence-corrected chi connectivity index (χ0v) is 34.2. The average Bonchev–Trinajstić information content (AvgIpc) is 3.78. The number of aromatic nitrogens is 5. The van der Waals surface area contributed by atoms with Crippen LogP contribution in [0.5, 0.6) is 0 Å². The maximum atomic E-state index is 13.6. The molecule has 1 unspecified atom stereocenters. The molecule has 3 aliphatic rings. The molecule has 1 saturated carbocycles. The van der Waals surface area contributed by atoms with Gasteiger partial charge in [0.1, 0.15) is 18.7 Å². The van der Waals surface area contributed by atoms with E-state index in [1.165, 1.54) is 15.3 Å². The van der Waals surface area contributed by atoms with Gasteiger partial charge in [-0.05, 0) is 101 Å². The van der Waals surface area contributed by atoms with Crippen LogP contribution in [0, 0.1) is 29.1 Å². The number of nitriles is 1. The lowest BCUT2D eigenvalue weighted by atomic mass is 9.85. The molecule has 3 N–H and O–H groups in total. The van der Waals surface area contributed by atoms with Gasteiger partial charge in [-0.3, -0.25) is 33.8 Å². The predicted molar refractivity (Wildman–Crippen MR) is 226 cm³/mol. The SMILES string of the molecule is CC(C)Nc1cc(-c2ccc3cc(C#N)cnn23)ncc1C(=O)NC1CCC(CN2CCC(OCC#Cc3cccc4c3n(C)c(=O)n4C3CCC(=O)NC3=O)CC2)CC1. The quantitative estimate of drug-likeness (QED) is 0.134. The number of likely N-dealkylation sites (tertiary alicyclic amines) is 1. The number of carbonyl (C=O) groups excluding carboxylic acids is 3. The number of imide groups is 1. The smallest absolute Gasteiger partial charge is 0.329 e. The number of anilines is 1. The van der Waals surface area contributed by atoms with Crippen molar-refractivity contribution in [2.45, 2.75) is 89.4 Å². The Bertz CT molecular complexity index is 2610. The van der Waals surface area contributed by atoms with Gasteiger partial charge in [-0.25, -0.2) is 9.31 Å². The number of amides is 3. The molecule has 4 aromatic heterocycles. The molecule has 0 spiro atoms. The van der Waals surface area contributed by atoms with Crippen molar-refractivity contribution in [1.82, 2.24) is 39.3 Å². The summed E-state index contributed by atoms with van der Waals surface area (Å²) >= 11 is 0. The summed E-state index contributed by atoms with van der Waals surface area (Å²) in [6.07, 6.45) is 9.62. The number of piperidine rings is 2. The van der Waals surface area contributed by atoms with E-state index in [9.17, 15) is 24.4 Å². The molecule has 310 valence electrons. The number of pyridine rings is 1. The Labute approximate surface area is 348 Å². The number of para-hydroxylation sites is 1. The Morgan fingerprint density at radius 3 is 2.57 bits per heavy atom. The summed E-state index contributed by atoms with van der Waals surface area (Å²) < 4.78 is 10.9. The third-order valence-corrected chi connectivity index (χ3v) is 12.0. The van der Waals surface area contributed by atoms with Gasteiger partial charge in [0.15, 0.2) is 0 Å². The lowest BCUT2D eigenvalue weighted by Gasteiger charge is -2.36. The van der Waals surface area contributed by atoms with Crippen molar-refractivity contribution in [1.29, 1.82) is 5.26 Å². The zero-order valence-electron chi connectivity index (χ0n) is 34.2. The highest BCUT2D eigenvalue weighted by Crippen LogP contribution is 2.30. The van der Waals surface area contributed by atoms with Gasteiger partial charge in [-0.15, -0.1) is 0 Å². The van der Waals surface area contributed by atoms with Crippen LogP contribution in [0.1, 0.15) is 92.7 Å². The first-order valence-electron chi connectivity index (χ1n) is 20.9. The van der Waals surface area contributed by atoms with Crippen molar-refractivity contribution < 1.29 is 19.1 Å². The van der Waals surface area contributed by atoms with E-state index in [-0.39, 0.29) is 55.1 Å². The molecule has 1 aliphatic carbocycles. The predicted octanol–water partition coefficient (Wildman–Crippen LogP) is 4.54. The van der Waals surface area contributed by atoms with Crippen LogP contribution in [0.3, 0.4) is 0 Å². The minimum absolute atomic E-state index is 0.105. The van der Waals surface area contributed by atoms with Crippen molar-refractivity contribution in [2.24, 2.45) is 13.0 Å². The Morgan fingerprint density at radius 2 is 1.82 bits per heavy atom. The van der Waals surface area contributed by atoms with E-state index >= 15 is 0 Å². The Balaban J connectivity index is 0.798. The number of fused-ring (bicyclic) bond motifs is 2. The van der Waals surface area contributed by atoms with Gasteiger partial charge in [-0.1, -0.05) is 17.9 Å². The van der Waals surface area contributed by atoms with Gasteiger partial charge in [0.05, 0.1) is 62.6 Å². The molecule has 3 amide bonds. The van der Waals surface area contributed by atoms with E-state index in [2.05, 4.69) is 48.8 Å². The van der Waals surface area contributed by atoms with Crippen molar-refractivity contribution >= 4 is 40.0 Å². The highest BCUT2D eigenvalue weighted by molar-refractivity contribution is 6.01. The number of ether oxygens (including phenoxy) is 1. The first-order chi connectivity index (χ1) is 29.1. The molecule has 1 aromatic carbocycles. The van der Waals surface area contributed by atoms with Crippen LogP contribution in [0.25, 0.3) is 27.9 Å². The number of benzene rings is 1. The summed E-state index contributed by atoms with van der Waals surface area (Å²) in [5.74, 6) is 6.00. The molecule has 2 aliphatic heterocycles. The van der Waals surface area contributed by atoms with Crippen LogP contribution >= 0.6 is 0 Å². The lowest BCUT2D eigenvalue weighted by Crippen LogP contribution is -2.44. The molecular formula is C45H50N10O5. The molecule has 1 atom stereocenters. The first-order valence-corrected chi connectivity index (χ1v) is 20.9. The lowest BCUT2D eigenvalue weighted by molar-refractivity contribution is -0.135. The van der Waals surface area contributed by atoms with Crippen LogP contribution in [0.4, 0.5) is 5.69 Å². The maximum absolute atomic E-state index is 13.6. The van der Waals surface area contributed by atoms with Gasteiger partial charge < -0.3 is 20.3 Å². The number of carbonyl (C=O) groups is 3. The molecule has 3 fully saturated rings. The number of nitrogens with one attached hydrogen (secondary N) is 3. The number of rotatable bonds is 10. The molecule has 15 nitrogen and oxygen atoms in total. The van der Waals surface area contributed by atoms with Crippen LogP contribution in [-0.2, 0) is 21.4 Å². The summed E-state index contributed by atoms with van der Waals surface area (Å²) in [4.78, 5) is 58.4. The third-order valence-electron chi connectivity index (χ3n) is 12.0. The van der Waals surface area contributed by atoms with E-state index < -0.39 is 11.9 Å². The second-order valence-corrected chi connectivity index (χ2v) is 16.5. The Morgan fingerprint density at radius 1 is 1.02 bits per heavy atom. The second-order valence-electron chi connectivity index (χ2n) is 16.5. The average molecular weight is 811 g/mol. The van der Waals surface area contributed by atoms with E-state index in [1.54, 1.807) is 29.9 Å². The first kappa shape index (κ1) is 40.5. The molecule has 2 saturated heterocycles. The monoisotopic (exact) mass is 810 g/mol. The highest BCUT2D eigenvalue weighted by Gasteiger charge is 2.32. The standard InChI is InChI=1S/C45H50N10O5/c1-28(2)49-36-23-37(38-14-13-33-22-30(24-46)25-48-55(33)38)47-26-35(36)43(57)50-32-11-9-29(10-12-32)27-53-19-17-34(18-20-53)60-21-5-7-31-6-4-8-39-42(31)52(3)45(59)54(39)40-15-16-41(56)51-44(40)58/h4,6,8,13-14,22-23,25-26,28-29,32,34,40H,9-12,15-21,27H2,1-3H3,(H,47,49)(H,50,57)(H,51,56,58). The molecule has 0 bridgehead atoms. The fraction of sp³-hybridized carbons (Fsp3) is 0.444. The van der Waals surface area contributed by atoms with E-state index in [0.29, 0.717) is 45.0 Å². The summed E-state index contributed by atoms with van der Waals surface area (Å²) in [6, 6.07) is 14.6.